The summed E-state index contributed by atoms with van der Waals surface area (Å²) in [5, 5.41) is 4.14. The van der Waals surface area contributed by atoms with Crippen LogP contribution in [0, 0.1) is 5.92 Å². The van der Waals surface area contributed by atoms with Gasteiger partial charge in [-0.25, -0.2) is 4.98 Å². The molecule has 0 spiro atoms. The van der Waals surface area contributed by atoms with Crippen LogP contribution in [0.25, 0.3) is 0 Å². The van der Waals surface area contributed by atoms with Gasteiger partial charge in [0.25, 0.3) is 0 Å². The number of rotatable bonds is 5. The molecule has 1 atom stereocenters. The Bertz CT molecular complexity index is 395. The first-order chi connectivity index (χ1) is 9.13. The van der Waals surface area contributed by atoms with Gasteiger partial charge in [-0.2, -0.15) is 0 Å². The number of hydrogen-bond acceptors (Lipinski definition) is 3. The molecule has 3 nitrogen and oxygen atoms in total. The molecule has 1 aliphatic rings. The van der Waals surface area contributed by atoms with Crippen LogP contribution in [0.15, 0.2) is 18.3 Å². The second-order valence-electron chi connectivity index (χ2n) is 5.79. The van der Waals surface area contributed by atoms with Crippen LogP contribution < -0.4 is 5.32 Å². The van der Waals surface area contributed by atoms with Crippen molar-refractivity contribution >= 4 is 11.6 Å². The highest BCUT2D eigenvalue weighted by atomic mass is 35.5. The number of likely N-dealkylation sites (tertiary alicyclic amines) is 1. The minimum atomic E-state index is 0.578. The van der Waals surface area contributed by atoms with Gasteiger partial charge in [0.15, 0.2) is 0 Å². The zero-order chi connectivity index (χ0) is 13.7. The lowest BCUT2D eigenvalue weighted by molar-refractivity contribution is 0.164. The zero-order valence-corrected chi connectivity index (χ0v) is 12.7. The highest BCUT2D eigenvalue weighted by Gasteiger charge is 2.19. The lowest BCUT2D eigenvalue weighted by atomic mass is 9.97. The second-order valence-corrected chi connectivity index (χ2v) is 6.18. The topological polar surface area (TPSA) is 28.2 Å². The molecule has 1 saturated heterocycles. The van der Waals surface area contributed by atoms with Gasteiger partial charge < -0.3 is 5.32 Å². The van der Waals surface area contributed by atoms with Crippen LogP contribution in [-0.2, 0) is 6.54 Å². The molecule has 0 amide bonds. The molecule has 4 heteroatoms. The third kappa shape index (κ3) is 5.09. The molecule has 0 saturated carbocycles. The molecule has 0 radical (unpaired) electrons. The molecule has 0 aromatic carbocycles. The SMILES string of the molecule is CC(C)NCC1CCCN(Cc2ccnc(Cl)c2)C1. The molecule has 106 valence electrons. The van der Waals surface area contributed by atoms with Crippen molar-refractivity contribution in [3.63, 3.8) is 0 Å². The molecule has 0 aliphatic carbocycles. The molecule has 2 heterocycles. The minimum absolute atomic E-state index is 0.578. The van der Waals surface area contributed by atoms with Crippen molar-refractivity contribution < 1.29 is 0 Å². The molecule has 0 bridgehead atoms. The van der Waals surface area contributed by atoms with E-state index in [2.05, 4.69) is 35.1 Å². The minimum Gasteiger partial charge on any atom is -0.314 e. The summed E-state index contributed by atoms with van der Waals surface area (Å²) in [6.45, 7) is 8.91. The molecular formula is C15H24ClN3. The molecule has 1 aliphatic heterocycles. The molecular weight excluding hydrogens is 258 g/mol. The Morgan fingerprint density at radius 3 is 3.11 bits per heavy atom. The molecule has 1 aromatic heterocycles. The Kier molecular flexibility index (Phi) is 5.61. The van der Waals surface area contributed by atoms with Crippen LogP contribution in [-0.4, -0.2) is 35.6 Å². The van der Waals surface area contributed by atoms with E-state index in [0.29, 0.717) is 11.2 Å². The van der Waals surface area contributed by atoms with Crippen molar-refractivity contribution in [2.45, 2.75) is 39.3 Å². The maximum atomic E-state index is 5.94. The van der Waals surface area contributed by atoms with Crippen LogP contribution in [0.3, 0.4) is 0 Å². The average molecular weight is 282 g/mol. The number of hydrogen-bond donors (Lipinski definition) is 1. The summed E-state index contributed by atoms with van der Waals surface area (Å²) in [4.78, 5) is 6.56. The van der Waals surface area contributed by atoms with E-state index in [0.717, 1.165) is 19.0 Å². The van der Waals surface area contributed by atoms with Crippen molar-refractivity contribution in [1.29, 1.82) is 0 Å². The van der Waals surface area contributed by atoms with Crippen LogP contribution in [0.1, 0.15) is 32.3 Å². The third-order valence-electron chi connectivity index (χ3n) is 3.62. The number of nitrogens with zero attached hydrogens (tertiary/aromatic N) is 2. The van der Waals surface area contributed by atoms with Crippen molar-refractivity contribution in [3.8, 4) is 0 Å². The normalized spacial score (nSPS) is 20.9. The summed E-state index contributed by atoms with van der Waals surface area (Å²) in [6.07, 6.45) is 4.43. The zero-order valence-electron chi connectivity index (χ0n) is 11.9. The van der Waals surface area contributed by atoms with E-state index < -0.39 is 0 Å². The Morgan fingerprint density at radius 2 is 2.37 bits per heavy atom. The molecule has 2 rings (SSSR count). The molecule has 1 aromatic rings. The Labute approximate surface area is 121 Å². The number of nitrogens with one attached hydrogen (secondary N) is 1. The van der Waals surface area contributed by atoms with Gasteiger partial charge in [-0.05, 0) is 49.5 Å². The van der Waals surface area contributed by atoms with E-state index in [1.54, 1.807) is 6.20 Å². The number of halogens is 1. The van der Waals surface area contributed by atoms with Gasteiger partial charge >= 0.3 is 0 Å². The van der Waals surface area contributed by atoms with Crippen LogP contribution in [0.4, 0.5) is 0 Å². The second kappa shape index (κ2) is 7.22. The summed E-state index contributed by atoms with van der Waals surface area (Å²) in [7, 11) is 0. The van der Waals surface area contributed by atoms with E-state index in [4.69, 9.17) is 11.6 Å². The summed E-state index contributed by atoms with van der Waals surface area (Å²) in [6, 6.07) is 4.61. The van der Waals surface area contributed by atoms with Crippen molar-refractivity contribution in [3.05, 3.63) is 29.0 Å². The number of aromatic nitrogens is 1. The lowest BCUT2D eigenvalue weighted by Crippen LogP contribution is -2.40. The third-order valence-corrected chi connectivity index (χ3v) is 3.82. The fourth-order valence-electron chi connectivity index (χ4n) is 2.66. The van der Waals surface area contributed by atoms with Crippen LogP contribution in [0.2, 0.25) is 5.15 Å². The fourth-order valence-corrected chi connectivity index (χ4v) is 2.86. The van der Waals surface area contributed by atoms with Gasteiger partial charge in [-0.3, -0.25) is 4.90 Å². The maximum Gasteiger partial charge on any atom is 0.129 e. The Balaban J connectivity index is 1.83. The first-order valence-corrected chi connectivity index (χ1v) is 7.57. The smallest absolute Gasteiger partial charge is 0.129 e. The average Bonchev–Trinajstić information content (AvgIpc) is 2.37. The number of pyridine rings is 1. The highest BCUT2D eigenvalue weighted by molar-refractivity contribution is 6.29. The van der Waals surface area contributed by atoms with Gasteiger partial charge in [0.1, 0.15) is 5.15 Å². The summed E-state index contributed by atoms with van der Waals surface area (Å²) in [5.41, 5.74) is 1.26. The predicted molar refractivity (Wildman–Crippen MR) is 80.4 cm³/mol. The molecule has 19 heavy (non-hydrogen) atoms. The van der Waals surface area contributed by atoms with Gasteiger partial charge in [0.2, 0.25) is 0 Å². The van der Waals surface area contributed by atoms with Gasteiger partial charge in [0.05, 0.1) is 0 Å². The standard InChI is InChI=1S/C15H24ClN3/c1-12(2)18-9-14-4-3-7-19(11-14)10-13-5-6-17-15(16)8-13/h5-6,8,12,14,18H,3-4,7,9-11H2,1-2H3. The van der Waals surface area contributed by atoms with Gasteiger partial charge in [-0.1, -0.05) is 25.4 Å². The Morgan fingerprint density at radius 1 is 1.53 bits per heavy atom. The largest absolute Gasteiger partial charge is 0.314 e. The van der Waals surface area contributed by atoms with E-state index >= 15 is 0 Å². The van der Waals surface area contributed by atoms with Crippen molar-refractivity contribution in [2.75, 3.05) is 19.6 Å². The quantitative estimate of drug-likeness (QED) is 0.841. The fraction of sp³-hybridized carbons (Fsp3) is 0.667. The van der Waals surface area contributed by atoms with E-state index in [1.165, 1.54) is 31.5 Å². The lowest BCUT2D eigenvalue weighted by Gasteiger charge is -2.33. The predicted octanol–water partition coefficient (Wildman–Crippen LogP) is 2.95. The number of piperidine rings is 1. The highest BCUT2D eigenvalue weighted by Crippen LogP contribution is 2.19. The van der Waals surface area contributed by atoms with E-state index in [9.17, 15) is 0 Å². The van der Waals surface area contributed by atoms with Crippen molar-refractivity contribution in [1.82, 2.24) is 15.2 Å². The summed E-state index contributed by atoms with van der Waals surface area (Å²) < 4.78 is 0. The van der Waals surface area contributed by atoms with Gasteiger partial charge in [0, 0.05) is 25.3 Å². The van der Waals surface area contributed by atoms with Crippen LogP contribution in [0.5, 0.6) is 0 Å². The molecule has 1 N–H and O–H groups in total. The molecule has 1 unspecified atom stereocenters. The maximum absolute atomic E-state index is 5.94. The Hall–Kier alpha value is -0.640. The summed E-state index contributed by atoms with van der Waals surface area (Å²) in [5.74, 6) is 0.772. The first-order valence-electron chi connectivity index (χ1n) is 7.19. The van der Waals surface area contributed by atoms with Gasteiger partial charge in [-0.15, -0.1) is 0 Å². The first kappa shape index (κ1) is 14.8. The van der Waals surface area contributed by atoms with E-state index in [-0.39, 0.29) is 0 Å². The molecule has 1 fully saturated rings. The van der Waals surface area contributed by atoms with E-state index in [1.807, 2.05) is 6.07 Å². The summed E-state index contributed by atoms with van der Waals surface area (Å²) >= 11 is 5.94. The monoisotopic (exact) mass is 281 g/mol. The van der Waals surface area contributed by atoms with Crippen LogP contribution >= 0.6 is 11.6 Å². The van der Waals surface area contributed by atoms with Crippen molar-refractivity contribution in [2.24, 2.45) is 5.92 Å².